The molecule has 4 aromatic rings. The second-order valence-electron chi connectivity index (χ2n) is 6.79. The number of benzene rings is 2. The minimum atomic E-state index is -0.671. The number of nitrogens with two attached hydrogens (primary N) is 1. The fourth-order valence-corrected chi connectivity index (χ4v) is 3.71. The van der Waals surface area contributed by atoms with Crippen molar-refractivity contribution in [3.63, 3.8) is 0 Å². The Morgan fingerprint density at radius 1 is 0.844 bits per heavy atom. The van der Waals surface area contributed by atoms with Gasteiger partial charge in [-0.2, -0.15) is 0 Å². The van der Waals surface area contributed by atoms with Crippen LogP contribution in [0.25, 0.3) is 11.3 Å². The van der Waals surface area contributed by atoms with Crippen molar-refractivity contribution in [2.75, 3.05) is 4.90 Å². The van der Waals surface area contributed by atoms with Crippen molar-refractivity contribution in [3.8, 4) is 11.3 Å². The zero-order valence-electron chi connectivity index (χ0n) is 16.6. The van der Waals surface area contributed by atoms with Gasteiger partial charge in [-0.05, 0) is 60.7 Å². The highest BCUT2D eigenvalue weighted by atomic mass is 35.5. The number of amides is 2. The van der Waals surface area contributed by atoms with Crippen LogP contribution in [0.2, 0.25) is 10.0 Å². The number of hydrogen-bond acceptors (Lipinski definition) is 4. The second-order valence-corrected chi connectivity index (χ2v) is 7.60. The molecule has 0 unspecified atom stereocenters. The van der Waals surface area contributed by atoms with Gasteiger partial charge in [-0.25, -0.2) is 0 Å². The fourth-order valence-electron chi connectivity index (χ4n) is 3.22. The van der Waals surface area contributed by atoms with Crippen LogP contribution in [0.4, 0.5) is 11.4 Å². The highest BCUT2D eigenvalue weighted by Crippen LogP contribution is 2.34. The maximum Gasteiger partial charge on any atom is 0.262 e. The zero-order valence-corrected chi connectivity index (χ0v) is 18.1. The number of aromatic nitrogens is 2. The van der Waals surface area contributed by atoms with E-state index >= 15 is 0 Å². The van der Waals surface area contributed by atoms with Crippen LogP contribution in [0.3, 0.4) is 0 Å². The van der Waals surface area contributed by atoms with Gasteiger partial charge in [0.05, 0.1) is 38.9 Å². The SMILES string of the molecule is NC(=O)c1ccc(C(=O)N(c2cccnc2)c2ccc(Cl)c(-c3ccccn3)c2)cc1Cl. The van der Waals surface area contributed by atoms with Crippen LogP contribution in [-0.4, -0.2) is 21.8 Å². The Kier molecular flexibility index (Phi) is 6.16. The summed E-state index contributed by atoms with van der Waals surface area (Å²) in [5.74, 6) is -1.04. The normalized spacial score (nSPS) is 10.6. The molecule has 4 rings (SSSR count). The molecule has 32 heavy (non-hydrogen) atoms. The van der Waals surface area contributed by atoms with E-state index in [2.05, 4.69) is 9.97 Å². The summed E-state index contributed by atoms with van der Waals surface area (Å²) >= 11 is 12.6. The molecule has 0 saturated heterocycles. The molecule has 0 aliphatic rings. The van der Waals surface area contributed by atoms with E-state index in [1.807, 2.05) is 18.2 Å². The molecule has 0 fully saturated rings. The van der Waals surface area contributed by atoms with E-state index in [-0.39, 0.29) is 22.1 Å². The third-order valence-corrected chi connectivity index (χ3v) is 5.38. The molecule has 0 aliphatic carbocycles. The van der Waals surface area contributed by atoms with Gasteiger partial charge in [-0.3, -0.25) is 24.5 Å². The van der Waals surface area contributed by atoms with E-state index in [0.29, 0.717) is 27.7 Å². The summed E-state index contributed by atoms with van der Waals surface area (Å²) in [6.45, 7) is 0. The Bertz CT molecular complexity index is 1300. The largest absolute Gasteiger partial charge is 0.366 e. The average molecular weight is 463 g/mol. The number of nitrogens with zero attached hydrogens (tertiary/aromatic N) is 3. The van der Waals surface area contributed by atoms with Crippen LogP contribution in [-0.2, 0) is 0 Å². The Hall–Kier alpha value is -3.74. The van der Waals surface area contributed by atoms with Crippen LogP contribution < -0.4 is 10.6 Å². The van der Waals surface area contributed by atoms with Gasteiger partial charge in [0, 0.05) is 23.5 Å². The summed E-state index contributed by atoms with van der Waals surface area (Å²) < 4.78 is 0. The number of halogens is 2. The predicted molar refractivity (Wildman–Crippen MR) is 125 cm³/mol. The molecule has 2 N–H and O–H groups in total. The molecule has 0 atom stereocenters. The maximum atomic E-state index is 13.6. The van der Waals surface area contributed by atoms with Gasteiger partial charge < -0.3 is 5.73 Å². The van der Waals surface area contributed by atoms with E-state index in [1.165, 1.54) is 23.1 Å². The number of anilines is 2. The van der Waals surface area contributed by atoms with E-state index in [4.69, 9.17) is 28.9 Å². The fraction of sp³-hybridized carbons (Fsp3) is 0. The van der Waals surface area contributed by atoms with Crippen LogP contribution in [0, 0.1) is 0 Å². The number of rotatable bonds is 5. The first-order valence-electron chi connectivity index (χ1n) is 9.50. The average Bonchev–Trinajstić information content (AvgIpc) is 2.81. The number of carbonyl (C=O) groups excluding carboxylic acids is 2. The summed E-state index contributed by atoms with van der Waals surface area (Å²) in [4.78, 5) is 35.1. The minimum Gasteiger partial charge on any atom is -0.366 e. The molecule has 0 bridgehead atoms. The standard InChI is InChI=1S/C24H16Cl2N4O2/c25-20-9-7-16(13-19(20)22-5-1-2-11-29-22)30(17-4-3-10-28-14-17)24(32)15-6-8-18(23(27)31)21(26)12-15/h1-14H,(H2,27,31). The molecule has 6 nitrogen and oxygen atoms in total. The van der Waals surface area contributed by atoms with Crippen molar-refractivity contribution in [2.45, 2.75) is 0 Å². The summed E-state index contributed by atoms with van der Waals surface area (Å²) in [5, 5.41) is 0.597. The lowest BCUT2D eigenvalue weighted by Crippen LogP contribution is -2.26. The molecule has 158 valence electrons. The Labute approximate surface area is 194 Å². The lowest BCUT2D eigenvalue weighted by molar-refractivity contribution is 0.0988. The molecule has 2 aromatic carbocycles. The lowest BCUT2D eigenvalue weighted by Gasteiger charge is -2.24. The van der Waals surface area contributed by atoms with Crippen molar-refractivity contribution in [2.24, 2.45) is 5.73 Å². The van der Waals surface area contributed by atoms with Crippen LogP contribution in [0.5, 0.6) is 0 Å². The van der Waals surface area contributed by atoms with Crippen molar-refractivity contribution in [3.05, 3.63) is 106 Å². The second kappa shape index (κ2) is 9.18. The Balaban J connectivity index is 1.84. The first kappa shape index (κ1) is 21.5. The first-order chi connectivity index (χ1) is 15.5. The summed E-state index contributed by atoms with van der Waals surface area (Å²) in [6, 6.07) is 18.6. The summed E-state index contributed by atoms with van der Waals surface area (Å²) in [5.41, 5.74) is 8.19. The van der Waals surface area contributed by atoms with Crippen LogP contribution >= 0.6 is 23.2 Å². The highest BCUT2D eigenvalue weighted by Gasteiger charge is 2.23. The van der Waals surface area contributed by atoms with E-state index < -0.39 is 5.91 Å². The molecule has 0 spiro atoms. The van der Waals surface area contributed by atoms with Crippen molar-refractivity contribution < 1.29 is 9.59 Å². The van der Waals surface area contributed by atoms with Crippen molar-refractivity contribution >= 4 is 46.4 Å². The van der Waals surface area contributed by atoms with Crippen LogP contribution in [0.1, 0.15) is 20.7 Å². The molecule has 2 aromatic heterocycles. The van der Waals surface area contributed by atoms with Gasteiger partial charge in [-0.15, -0.1) is 0 Å². The molecular weight excluding hydrogens is 447 g/mol. The number of primary amides is 1. The molecule has 0 radical (unpaired) electrons. The third kappa shape index (κ3) is 4.32. The van der Waals surface area contributed by atoms with Crippen molar-refractivity contribution in [1.82, 2.24) is 9.97 Å². The number of carbonyl (C=O) groups is 2. The maximum absolute atomic E-state index is 13.6. The zero-order chi connectivity index (χ0) is 22.7. The molecule has 0 aliphatic heterocycles. The lowest BCUT2D eigenvalue weighted by atomic mass is 10.1. The molecule has 2 heterocycles. The quantitative estimate of drug-likeness (QED) is 0.422. The smallest absolute Gasteiger partial charge is 0.262 e. The van der Waals surface area contributed by atoms with Crippen LogP contribution in [0.15, 0.2) is 85.3 Å². The monoisotopic (exact) mass is 462 g/mol. The van der Waals surface area contributed by atoms with Gasteiger partial charge in [0.1, 0.15) is 0 Å². The molecule has 0 saturated carbocycles. The summed E-state index contributed by atoms with van der Waals surface area (Å²) in [7, 11) is 0. The van der Waals surface area contributed by atoms with E-state index in [1.54, 1.807) is 48.9 Å². The minimum absolute atomic E-state index is 0.0970. The Morgan fingerprint density at radius 2 is 1.69 bits per heavy atom. The molecule has 2 amide bonds. The van der Waals surface area contributed by atoms with Gasteiger partial charge in [0.25, 0.3) is 5.91 Å². The first-order valence-corrected chi connectivity index (χ1v) is 10.3. The number of hydrogen-bond donors (Lipinski definition) is 1. The summed E-state index contributed by atoms with van der Waals surface area (Å²) in [6.07, 6.45) is 4.86. The topological polar surface area (TPSA) is 89.2 Å². The Morgan fingerprint density at radius 3 is 2.34 bits per heavy atom. The molecular formula is C24H16Cl2N4O2. The predicted octanol–water partition coefficient (Wildman–Crippen LogP) is 5.53. The number of pyridine rings is 2. The van der Waals surface area contributed by atoms with E-state index in [9.17, 15) is 9.59 Å². The third-order valence-electron chi connectivity index (χ3n) is 4.74. The van der Waals surface area contributed by atoms with Gasteiger partial charge in [0.2, 0.25) is 5.91 Å². The van der Waals surface area contributed by atoms with Gasteiger partial charge in [-0.1, -0.05) is 29.3 Å². The highest BCUT2D eigenvalue weighted by molar-refractivity contribution is 6.34. The van der Waals surface area contributed by atoms with Gasteiger partial charge >= 0.3 is 0 Å². The molecule has 8 heteroatoms. The van der Waals surface area contributed by atoms with Gasteiger partial charge in [0.15, 0.2) is 0 Å². The van der Waals surface area contributed by atoms with Crippen molar-refractivity contribution in [1.29, 1.82) is 0 Å². The van der Waals surface area contributed by atoms with E-state index in [0.717, 1.165) is 0 Å².